The third-order valence-electron chi connectivity index (χ3n) is 5.48. The van der Waals surface area contributed by atoms with Crippen LogP contribution >= 0.6 is 0 Å². The lowest BCUT2D eigenvalue weighted by Gasteiger charge is -2.30. The van der Waals surface area contributed by atoms with Gasteiger partial charge in [0.2, 0.25) is 5.84 Å². The number of likely N-dealkylation sites (N-methyl/N-ethyl adjacent to an activating group) is 1. The molecule has 3 rings (SSSR count). The Labute approximate surface area is 206 Å². The molecule has 0 atom stereocenters. The molecule has 13 heteroatoms. The Balaban J connectivity index is 1.68. The minimum atomic E-state index is -0.899. The lowest BCUT2D eigenvalue weighted by molar-refractivity contribution is -0.368. The number of carbonyl (C=O) groups excluding carboxylic acids is 1. The Bertz CT molecular complexity index is 1110. The number of aliphatic imine (C=N–C) groups is 1. The predicted molar refractivity (Wildman–Crippen MR) is 125 cm³/mol. The van der Waals surface area contributed by atoms with Gasteiger partial charge in [0.25, 0.3) is 5.91 Å². The maximum absolute atomic E-state index is 14.5. The zero-order valence-electron chi connectivity index (χ0n) is 20.2. The molecule has 1 fully saturated rings. The fourth-order valence-electron chi connectivity index (χ4n) is 3.48. The monoisotopic (exact) mass is 507 g/mol. The van der Waals surface area contributed by atoms with Crippen LogP contribution in [0.4, 0.5) is 14.7 Å². The van der Waals surface area contributed by atoms with Crippen LogP contribution in [0.3, 0.4) is 0 Å². The standard InChI is InChI=1S/C23H28F2N6O5/c1-27-16(22(33)31-6-4-13(32)5-7-31)8-19(26)30-23-28-10-14(11-29-23)36-12-15-20(24)17(34-2)9-18(35-3)21(15)25/h8-11,13,27,32H,4-7,12H2,1-3H3,(H2,26,28,29,30)/p+1/b16-8-. The number of benzene rings is 1. The van der Waals surface area contributed by atoms with Crippen molar-refractivity contribution in [2.45, 2.75) is 25.6 Å². The van der Waals surface area contributed by atoms with Gasteiger partial charge in [0.15, 0.2) is 35.1 Å². The molecule has 2 heterocycles. The molecule has 36 heavy (non-hydrogen) atoms. The van der Waals surface area contributed by atoms with Gasteiger partial charge in [0.1, 0.15) is 18.5 Å². The van der Waals surface area contributed by atoms with E-state index in [2.05, 4.69) is 20.3 Å². The highest BCUT2D eigenvalue weighted by Gasteiger charge is 2.24. The Morgan fingerprint density at radius 3 is 2.47 bits per heavy atom. The average Bonchev–Trinajstić information content (AvgIpc) is 2.88. The number of hydrogen-bond acceptors (Lipinski definition) is 8. The fraction of sp³-hybridized carbons (Fsp3) is 0.391. The van der Waals surface area contributed by atoms with E-state index in [1.54, 1.807) is 11.9 Å². The van der Waals surface area contributed by atoms with Gasteiger partial charge in [0, 0.05) is 32.3 Å². The van der Waals surface area contributed by atoms with Crippen LogP contribution in [0, 0.1) is 11.6 Å². The summed E-state index contributed by atoms with van der Waals surface area (Å²) in [6, 6.07) is 1.11. The molecule has 1 aromatic heterocycles. The van der Waals surface area contributed by atoms with E-state index >= 15 is 0 Å². The molecule has 0 bridgehead atoms. The molecule has 0 unspecified atom stereocenters. The van der Waals surface area contributed by atoms with Crippen LogP contribution in [0.25, 0.3) is 0 Å². The third kappa shape index (κ3) is 6.36. The molecule has 11 nitrogen and oxygen atoms in total. The summed E-state index contributed by atoms with van der Waals surface area (Å²) >= 11 is 0. The van der Waals surface area contributed by atoms with Crippen LogP contribution in [0.5, 0.6) is 17.2 Å². The van der Waals surface area contributed by atoms with Crippen LogP contribution in [-0.2, 0) is 11.4 Å². The number of aromatic nitrogens is 2. The number of nitrogens with two attached hydrogens (primary N) is 1. The molecule has 0 radical (unpaired) electrons. The molecule has 0 aliphatic carbocycles. The Morgan fingerprint density at radius 1 is 1.31 bits per heavy atom. The van der Waals surface area contributed by atoms with E-state index in [4.69, 9.17) is 19.9 Å². The van der Waals surface area contributed by atoms with Crippen LogP contribution in [-0.4, -0.2) is 67.2 Å². The van der Waals surface area contributed by atoms with Gasteiger partial charge in [-0.3, -0.25) is 4.79 Å². The first-order valence-corrected chi connectivity index (χ1v) is 11.1. The van der Waals surface area contributed by atoms with Gasteiger partial charge >= 0.3 is 5.95 Å². The Hall–Kier alpha value is -4.00. The molecule has 1 aliphatic rings. The lowest BCUT2D eigenvalue weighted by atomic mass is 10.1. The highest BCUT2D eigenvalue weighted by molar-refractivity contribution is 6.02. The molecular formula is C23H29F2N6O5+. The molecule has 194 valence electrons. The van der Waals surface area contributed by atoms with Crippen molar-refractivity contribution in [3.05, 3.63) is 47.4 Å². The normalized spacial score (nSPS) is 15.0. The number of halogens is 2. The predicted octanol–water partition coefficient (Wildman–Crippen LogP) is 0.845. The number of amidine groups is 1. The smallest absolute Gasteiger partial charge is 0.432 e. The van der Waals surface area contributed by atoms with E-state index in [0.29, 0.717) is 25.9 Å². The summed E-state index contributed by atoms with van der Waals surface area (Å²) in [6.45, 7) is 0.446. The first-order chi connectivity index (χ1) is 17.3. The van der Waals surface area contributed by atoms with Crippen molar-refractivity contribution < 1.29 is 37.9 Å². The molecule has 1 amide bonds. The number of H-pyrrole nitrogens is 1. The summed E-state index contributed by atoms with van der Waals surface area (Å²) in [5.74, 6) is -2.11. The number of nitrogens with zero attached hydrogens (tertiary/aromatic N) is 3. The molecule has 1 saturated heterocycles. The Morgan fingerprint density at radius 2 is 1.94 bits per heavy atom. The van der Waals surface area contributed by atoms with Crippen molar-refractivity contribution in [2.75, 3.05) is 34.4 Å². The second kappa shape index (κ2) is 12.1. The highest BCUT2D eigenvalue weighted by Crippen LogP contribution is 2.31. The fourth-order valence-corrected chi connectivity index (χ4v) is 3.48. The van der Waals surface area contributed by atoms with Gasteiger partial charge in [-0.15, -0.1) is 0 Å². The summed E-state index contributed by atoms with van der Waals surface area (Å²) < 4.78 is 44.2. The van der Waals surface area contributed by atoms with Gasteiger partial charge < -0.3 is 35.3 Å². The van der Waals surface area contributed by atoms with E-state index in [-0.39, 0.29) is 46.2 Å². The van der Waals surface area contributed by atoms with Crippen molar-refractivity contribution in [1.82, 2.24) is 15.2 Å². The zero-order chi connectivity index (χ0) is 26.2. The SMILES string of the molecule is CN/C(=C\C(N)=N/c1ncc(OCc2c(F)c(OC)cc(OC)c2F)c[nH+]1)C(=O)N1CCC(O)CC1. The van der Waals surface area contributed by atoms with Crippen LogP contribution in [0.1, 0.15) is 18.4 Å². The Kier molecular flexibility index (Phi) is 8.95. The number of ether oxygens (including phenoxy) is 3. The second-order valence-corrected chi connectivity index (χ2v) is 7.82. The summed E-state index contributed by atoms with van der Waals surface area (Å²) in [5, 5.41) is 12.4. The lowest BCUT2D eigenvalue weighted by Crippen LogP contribution is -2.42. The van der Waals surface area contributed by atoms with Crippen LogP contribution < -0.4 is 30.2 Å². The van der Waals surface area contributed by atoms with Gasteiger partial charge in [-0.1, -0.05) is 9.98 Å². The summed E-state index contributed by atoms with van der Waals surface area (Å²) in [7, 11) is 4.11. The summed E-state index contributed by atoms with van der Waals surface area (Å²) in [6.07, 6.45) is 4.71. The maximum atomic E-state index is 14.5. The quantitative estimate of drug-likeness (QED) is 0.257. The zero-order valence-corrected chi connectivity index (χ0v) is 20.2. The van der Waals surface area contributed by atoms with E-state index in [1.165, 1.54) is 32.7 Å². The number of nitrogens with one attached hydrogen (secondary N) is 2. The van der Waals surface area contributed by atoms with E-state index in [1.807, 2.05) is 0 Å². The summed E-state index contributed by atoms with van der Waals surface area (Å²) in [5.41, 5.74) is 5.83. The minimum absolute atomic E-state index is 0.00906. The number of likely N-dealkylation sites (tertiary alicyclic amines) is 1. The molecule has 0 saturated carbocycles. The number of amides is 1. The molecule has 0 spiro atoms. The topological polar surface area (TPSA) is 146 Å². The second-order valence-electron chi connectivity index (χ2n) is 7.82. The van der Waals surface area contributed by atoms with Gasteiger partial charge in [0.05, 0.1) is 25.9 Å². The van der Waals surface area contributed by atoms with E-state index in [9.17, 15) is 18.7 Å². The molecule has 1 aliphatic heterocycles. The number of carbonyl (C=O) groups is 1. The van der Waals surface area contributed by atoms with Crippen molar-refractivity contribution in [1.29, 1.82) is 0 Å². The number of piperidine rings is 1. The molecule has 5 N–H and O–H groups in total. The average molecular weight is 508 g/mol. The number of hydrogen-bond donors (Lipinski definition) is 3. The molecule has 1 aromatic carbocycles. The number of rotatable bonds is 9. The third-order valence-corrected chi connectivity index (χ3v) is 5.48. The van der Waals surface area contributed by atoms with Gasteiger partial charge in [-0.2, -0.15) is 0 Å². The highest BCUT2D eigenvalue weighted by atomic mass is 19.1. The minimum Gasteiger partial charge on any atom is -0.494 e. The number of aliphatic hydroxyl groups is 1. The van der Waals surface area contributed by atoms with E-state index < -0.39 is 24.3 Å². The van der Waals surface area contributed by atoms with Crippen molar-refractivity contribution in [2.24, 2.45) is 10.7 Å². The van der Waals surface area contributed by atoms with Gasteiger partial charge in [-0.05, 0) is 12.8 Å². The van der Waals surface area contributed by atoms with Crippen LogP contribution in [0.15, 0.2) is 35.2 Å². The number of methoxy groups -OCH3 is 2. The van der Waals surface area contributed by atoms with Crippen molar-refractivity contribution in [3.8, 4) is 17.2 Å². The van der Waals surface area contributed by atoms with Crippen molar-refractivity contribution >= 4 is 17.7 Å². The molecule has 2 aromatic rings. The van der Waals surface area contributed by atoms with Crippen LogP contribution in [0.2, 0.25) is 0 Å². The molecular weight excluding hydrogens is 478 g/mol. The maximum Gasteiger partial charge on any atom is 0.432 e. The number of aliphatic hydroxyl groups excluding tert-OH is 1. The number of aromatic amines is 1. The van der Waals surface area contributed by atoms with Gasteiger partial charge in [-0.25, -0.2) is 13.8 Å². The largest absolute Gasteiger partial charge is 0.494 e. The van der Waals surface area contributed by atoms with Crippen molar-refractivity contribution in [3.63, 3.8) is 0 Å². The first kappa shape index (κ1) is 26.6. The summed E-state index contributed by atoms with van der Waals surface area (Å²) in [4.78, 5) is 25.2. The first-order valence-electron chi connectivity index (χ1n) is 11.1. The van der Waals surface area contributed by atoms with E-state index in [0.717, 1.165) is 6.07 Å².